The van der Waals surface area contributed by atoms with Crippen molar-refractivity contribution in [1.29, 1.82) is 0 Å². The molecule has 0 saturated heterocycles. The molecule has 0 radical (unpaired) electrons. The van der Waals surface area contributed by atoms with E-state index in [2.05, 4.69) is 0 Å². The van der Waals surface area contributed by atoms with E-state index in [-0.39, 0.29) is 10.4 Å². The van der Waals surface area contributed by atoms with Gasteiger partial charge < -0.3 is 4.74 Å². The summed E-state index contributed by atoms with van der Waals surface area (Å²) in [6.45, 7) is 0. The lowest BCUT2D eigenvalue weighted by Crippen LogP contribution is -1.91. The first-order chi connectivity index (χ1) is 6.81. The van der Waals surface area contributed by atoms with Crippen molar-refractivity contribution in [3.63, 3.8) is 0 Å². The van der Waals surface area contributed by atoms with Crippen LogP contribution in [0.3, 0.4) is 0 Å². The summed E-state index contributed by atoms with van der Waals surface area (Å²) in [6.07, 6.45) is 0. The third kappa shape index (κ3) is 1.91. The van der Waals surface area contributed by atoms with Crippen LogP contribution in [0.15, 0.2) is 29.0 Å². The van der Waals surface area contributed by atoms with Gasteiger partial charge in [0.2, 0.25) is 0 Å². The van der Waals surface area contributed by atoms with E-state index in [1.54, 1.807) is 29.6 Å². The molecule has 0 saturated carbocycles. The minimum absolute atomic E-state index is 0.287. The molecule has 0 aliphatic carbocycles. The first-order valence-electron chi connectivity index (χ1n) is 4.10. The van der Waals surface area contributed by atoms with Crippen molar-refractivity contribution in [2.45, 2.75) is 4.58 Å². The van der Waals surface area contributed by atoms with Gasteiger partial charge in [-0.3, -0.25) is 0 Å². The minimum Gasteiger partial charge on any atom is -0.494 e. The highest BCUT2D eigenvalue weighted by molar-refractivity contribution is 8.21. The largest absolute Gasteiger partial charge is 0.494 e. The van der Waals surface area contributed by atoms with Crippen molar-refractivity contribution in [3.8, 4) is 5.75 Å². The second-order valence-corrected chi connectivity index (χ2v) is 5.10. The minimum atomic E-state index is -0.293. The summed E-state index contributed by atoms with van der Waals surface area (Å²) in [5.74, 6) is 0.00723. The average Bonchev–Trinajstić information content (AvgIpc) is 2.70. The van der Waals surface area contributed by atoms with Crippen molar-refractivity contribution in [3.05, 3.63) is 40.4 Å². The molecule has 1 aromatic carbocycles. The second kappa shape index (κ2) is 4.28. The van der Waals surface area contributed by atoms with Gasteiger partial charge in [-0.1, -0.05) is 6.07 Å². The van der Waals surface area contributed by atoms with Crippen molar-refractivity contribution in [2.24, 2.45) is 0 Å². The number of halogens is 1. The standard InChI is InChI=1S/C10H9FOS2/c1-12-9-3-2-7(6-8(9)11)10-13-4-5-14-10/h2-6,10H,1H3. The summed E-state index contributed by atoms with van der Waals surface area (Å²) in [5, 5.41) is 4.05. The van der Waals surface area contributed by atoms with Crippen LogP contribution in [0.2, 0.25) is 0 Å². The van der Waals surface area contributed by atoms with Gasteiger partial charge in [0.15, 0.2) is 11.6 Å². The molecule has 1 aliphatic heterocycles. The number of hydrogen-bond acceptors (Lipinski definition) is 3. The number of methoxy groups -OCH3 is 1. The van der Waals surface area contributed by atoms with Crippen molar-refractivity contribution < 1.29 is 9.13 Å². The summed E-state index contributed by atoms with van der Waals surface area (Å²) in [6, 6.07) is 5.11. The molecule has 0 fully saturated rings. The molecule has 0 aromatic heterocycles. The Labute approximate surface area is 90.7 Å². The Bertz CT molecular complexity index is 357. The fourth-order valence-electron chi connectivity index (χ4n) is 1.23. The van der Waals surface area contributed by atoms with E-state index in [1.165, 1.54) is 13.2 Å². The van der Waals surface area contributed by atoms with E-state index >= 15 is 0 Å². The zero-order chi connectivity index (χ0) is 9.97. The van der Waals surface area contributed by atoms with Gasteiger partial charge in [-0.05, 0) is 28.5 Å². The predicted octanol–water partition coefficient (Wildman–Crippen LogP) is 3.78. The molecule has 0 bridgehead atoms. The molecule has 4 heteroatoms. The Morgan fingerprint density at radius 1 is 1.29 bits per heavy atom. The van der Waals surface area contributed by atoms with Crippen LogP contribution < -0.4 is 4.74 Å². The van der Waals surface area contributed by atoms with Gasteiger partial charge in [0.25, 0.3) is 0 Å². The molecular formula is C10H9FOS2. The molecular weight excluding hydrogens is 219 g/mol. The highest BCUT2D eigenvalue weighted by Gasteiger charge is 2.16. The molecule has 14 heavy (non-hydrogen) atoms. The molecule has 2 rings (SSSR count). The summed E-state index contributed by atoms with van der Waals surface area (Å²) < 4.78 is 18.5. The van der Waals surface area contributed by atoms with Gasteiger partial charge in [-0.15, -0.1) is 23.5 Å². The molecule has 1 nitrogen and oxygen atoms in total. The van der Waals surface area contributed by atoms with Crippen LogP contribution in [-0.4, -0.2) is 7.11 Å². The van der Waals surface area contributed by atoms with Gasteiger partial charge >= 0.3 is 0 Å². The van der Waals surface area contributed by atoms with E-state index in [1.807, 2.05) is 16.9 Å². The maximum Gasteiger partial charge on any atom is 0.165 e. The lowest BCUT2D eigenvalue weighted by atomic mass is 10.2. The first kappa shape index (κ1) is 9.93. The van der Waals surface area contributed by atoms with E-state index in [9.17, 15) is 4.39 Å². The van der Waals surface area contributed by atoms with Crippen molar-refractivity contribution in [1.82, 2.24) is 0 Å². The highest BCUT2D eigenvalue weighted by atomic mass is 32.2. The third-order valence-corrected chi connectivity index (χ3v) is 4.37. The Morgan fingerprint density at radius 2 is 2.00 bits per heavy atom. The summed E-state index contributed by atoms with van der Waals surface area (Å²) in [7, 11) is 1.47. The molecule has 1 aliphatic rings. The Kier molecular flexibility index (Phi) is 3.03. The second-order valence-electron chi connectivity index (χ2n) is 2.77. The highest BCUT2D eigenvalue weighted by Crippen LogP contribution is 2.46. The zero-order valence-electron chi connectivity index (χ0n) is 7.57. The molecule has 0 atom stereocenters. The van der Waals surface area contributed by atoms with Crippen molar-refractivity contribution in [2.75, 3.05) is 7.11 Å². The monoisotopic (exact) mass is 228 g/mol. The number of rotatable bonds is 2. The maximum atomic E-state index is 13.3. The lowest BCUT2D eigenvalue weighted by Gasteiger charge is -2.09. The van der Waals surface area contributed by atoms with Crippen LogP contribution in [0.1, 0.15) is 10.1 Å². The van der Waals surface area contributed by atoms with Crippen LogP contribution in [0.25, 0.3) is 0 Å². The van der Waals surface area contributed by atoms with Gasteiger partial charge in [-0.25, -0.2) is 4.39 Å². The molecule has 0 spiro atoms. The lowest BCUT2D eigenvalue weighted by molar-refractivity contribution is 0.386. The van der Waals surface area contributed by atoms with Crippen LogP contribution in [-0.2, 0) is 0 Å². The third-order valence-electron chi connectivity index (χ3n) is 1.91. The average molecular weight is 228 g/mol. The summed E-state index contributed by atoms with van der Waals surface area (Å²) >= 11 is 3.39. The van der Waals surface area contributed by atoms with Crippen molar-refractivity contribution >= 4 is 23.5 Å². The van der Waals surface area contributed by atoms with E-state index in [4.69, 9.17) is 4.74 Å². The van der Waals surface area contributed by atoms with Crippen LogP contribution >= 0.6 is 23.5 Å². The SMILES string of the molecule is COc1ccc(C2SC=CS2)cc1F. The predicted molar refractivity (Wildman–Crippen MR) is 60.0 cm³/mol. The van der Waals surface area contributed by atoms with Crippen LogP contribution in [0.5, 0.6) is 5.75 Å². The molecule has 74 valence electrons. The zero-order valence-corrected chi connectivity index (χ0v) is 9.20. The fraction of sp³-hybridized carbons (Fsp3) is 0.200. The van der Waals surface area contributed by atoms with Gasteiger partial charge in [0.1, 0.15) is 0 Å². The van der Waals surface area contributed by atoms with Crippen LogP contribution in [0.4, 0.5) is 4.39 Å². The topological polar surface area (TPSA) is 9.23 Å². The first-order valence-corrected chi connectivity index (χ1v) is 5.99. The molecule has 0 N–H and O–H groups in total. The van der Waals surface area contributed by atoms with Gasteiger partial charge in [0.05, 0.1) is 11.7 Å². The fourth-order valence-corrected chi connectivity index (χ4v) is 3.27. The molecule has 0 amide bonds. The maximum absolute atomic E-state index is 13.3. The molecule has 1 aromatic rings. The molecule has 0 unspecified atom stereocenters. The Morgan fingerprint density at radius 3 is 2.57 bits per heavy atom. The summed E-state index contributed by atoms with van der Waals surface area (Å²) in [5.41, 5.74) is 0.989. The number of thioether (sulfide) groups is 2. The Hall–Kier alpha value is -0.610. The smallest absolute Gasteiger partial charge is 0.165 e. The van der Waals surface area contributed by atoms with Crippen LogP contribution in [0, 0.1) is 5.82 Å². The molecule has 1 heterocycles. The van der Waals surface area contributed by atoms with Gasteiger partial charge in [-0.2, -0.15) is 0 Å². The van der Waals surface area contributed by atoms with E-state index in [0.717, 1.165) is 5.56 Å². The Balaban J connectivity index is 2.23. The van der Waals surface area contributed by atoms with E-state index in [0.29, 0.717) is 5.75 Å². The van der Waals surface area contributed by atoms with E-state index < -0.39 is 0 Å². The quantitative estimate of drug-likeness (QED) is 0.762. The summed E-state index contributed by atoms with van der Waals surface area (Å²) in [4.78, 5) is 0. The number of hydrogen-bond donors (Lipinski definition) is 0. The number of ether oxygens (including phenoxy) is 1. The number of benzene rings is 1. The normalized spacial score (nSPS) is 16.1. The van der Waals surface area contributed by atoms with Gasteiger partial charge in [0, 0.05) is 0 Å².